The van der Waals surface area contributed by atoms with E-state index in [1.807, 2.05) is 24.3 Å². The summed E-state index contributed by atoms with van der Waals surface area (Å²) in [6.45, 7) is 3.13. The Morgan fingerprint density at radius 2 is 1.64 bits per heavy atom. The summed E-state index contributed by atoms with van der Waals surface area (Å²) in [5, 5.41) is 10.9. The molecule has 0 unspecified atom stereocenters. The summed E-state index contributed by atoms with van der Waals surface area (Å²) in [6.07, 6.45) is -1.19. The van der Waals surface area contributed by atoms with Crippen molar-refractivity contribution in [3.05, 3.63) is 70.4 Å². The van der Waals surface area contributed by atoms with Gasteiger partial charge >= 0.3 is 18.2 Å². The minimum Gasteiger partial charge on any atom is -0.490 e. The van der Waals surface area contributed by atoms with Gasteiger partial charge in [0.1, 0.15) is 42.3 Å². The fraction of sp³-hybridized carbons (Fsp3) is 0.423. The predicted molar refractivity (Wildman–Crippen MR) is 132 cm³/mol. The normalized spacial score (nSPS) is 18.2. The van der Waals surface area contributed by atoms with Crippen LogP contribution in [0.4, 0.5) is 19.0 Å². The Morgan fingerprint density at radius 1 is 0.974 bits per heavy atom. The Kier molecular flexibility index (Phi) is 7.77. The van der Waals surface area contributed by atoms with Crippen molar-refractivity contribution < 1.29 is 37.0 Å². The first-order valence-corrected chi connectivity index (χ1v) is 12.5. The quantitative estimate of drug-likeness (QED) is 0.273. The van der Waals surface area contributed by atoms with Crippen molar-refractivity contribution in [2.24, 2.45) is 0 Å². The van der Waals surface area contributed by atoms with Crippen LogP contribution in [0.25, 0.3) is 0 Å². The maximum absolute atomic E-state index is 12.3. The SMILES string of the molecule is O=[N+]([O-])c1cn2c(n1)O[C@@H](COc1ccc(OC3CCN(Cc4ccc(OC(F)(F)F)cc4)CC3)cc1)CC2. The van der Waals surface area contributed by atoms with Gasteiger partial charge < -0.3 is 29.1 Å². The molecule has 2 aliphatic heterocycles. The van der Waals surface area contributed by atoms with E-state index in [1.165, 1.54) is 18.3 Å². The van der Waals surface area contributed by atoms with Crippen LogP contribution in [0.1, 0.15) is 24.8 Å². The van der Waals surface area contributed by atoms with Crippen LogP contribution in [0.5, 0.6) is 23.3 Å². The molecule has 0 saturated carbocycles. The Morgan fingerprint density at radius 3 is 2.31 bits per heavy atom. The van der Waals surface area contributed by atoms with Crippen molar-refractivity contribution in [3.8, 4) is 23.3 Å². The van der Waals surface area contributed by atoms with Gasteiger partial charge in [0.05, 0.1) is 0 Å². The Hall–Kier alpha value is -4.00. The second-order valence-corrected chi connectivity index (χ2v) is 9.43. The number of aryl methyl sites for hydroxylation is 1. The molecule has 13 heteroatoms. The average molecular weight is 549 g/mol. The maximum Gasteiger partial charge on any atom is 0.573 e. The van der Waals surface area contributed by atoms with Crippen LogP contribution in [0.3, 0.4) is 0 Å². The Bertz CT molecular complexity index is 1260. The molecule has 1 saturated heterocycles. The first-order valence-electron chi connectivity index (χ1n) is 12.5. The highest BCUT2D eigenvalue weighted by Gasteiger charge is 2.31. The van der Waals surface area contributed by atoms with Gasteiger partial charge in [-0.2, -0.15) is 0 Å². The molecule has 3 heterocycles. The molecule has 2 aliphatic rings. The van der Waals surface area contributed by atoms with E-state index in [9.17, 15) is 23.3 Å². The summed E-state index contributed by atoms with van der Waals surface area (Å²) in [4.78, 5) is 16.5. The number of fused-ring (bicyclic) bond motifs is 1. The molecule has 5 rings (SSSR count). The third-order valence-corrected chi connectivity index (χ3v) is 6.54. The monoisotopic (exact) mass is 548 g/mol. The van der Waals surface area contributed by atoms with Crippen LogP contribution < -0.4 is 18.9 Å². The van der Waals surface area contributed by atoms with Gasteiger partial charge in [0.25, 0.3) is 0 Å². The summed E-state index contributed by atoms with van der Waals surface area (Å²) in [5.41, 5.74) is 0.921. The zero-order chi connectivity index (χ0) is 27.4. The van der Waals surface area contributed by atoms with Crippen LogP contribution in [0.2, 0.25) is 0 Å². The van der Waals surface area contributed by atoms with E-state index in [2.05, 4.69) is 14.6 Å². The number of alkyl halides is 3. The largest absolute Gasteiger partial charge is 0.573 e. The highest BCUT2D eigenvalue weighted by atomic mass is 19.4. The van der Waals surface area contributed by atoms with Crippen LogP contribution in [0, 0.1) is 10.1 Å². The average Bonchev–Trinajstić information content (AvgIpc) is 3.34. The molecule has 208 valence electrons. The van der Waals surface area contributed by atoms with Crippen molar-refractivity contribution in [2.75, 3.05) is 19.7 Å². The minimum atomic E-state index is -4.69. The van der Waals surface area contributed by atoms with Crippen LogP contribution in [-0.2, 0) is 13.1 Å². The number of benzene rings is 2. The highest BCUT2D eigenvalue weighted by molar-refractivity contribution is 5.31. The van der Waals surface area contributed by atoms with Crippen molar-refractivity contribution in [1.82, 2.24) is 14.5 Å². The number of rotatable bonds is 9. The lowest BCUT2D eigenvalue weighted by Gasteiger charge is -2.32. The lowest BCUT2D eigenvalue weighted by Crippen LogP contribution is -2.37. The predicted octanol–water partition coefficient (Wildman–Crippen LogP) is 4.96. The number of halogens is 3. The van der Waals surface area contributed by atoms with Crippen LogP contribution >= 0.6 is 0 Å². The Balaban J connectivity index is 1.03. The van der Waals surface area contributed by atoms with Gasteiger partial charge in [0, 0.05) is 37.6 Å². The number of piperidine rings is 1. The third kappa shape index (κ3) is 7.31. The highest BCUT2D eigenvalue weighted by Crippen LogP contribution is 2.27. The summed E-state index contributed by atoms with van der Waals surface area (Å²) < 4.78 is 60.2. The molecule has 0 N–H and O–H groups in total. The summed E-state index contributed by atoms with van der Waals surface area (Å²) >= 11 is 0. The minimum absolute atomic E-state index is 0.0685. The number of nitrogens with zero attached hydrogens (tertiary/aromatic N) is 4. The van der Waals surface area contributed by atoms with Gasteiger partial charge in [-0.1, -0.05) is 12.1 Å². The molecule has 10 nitrogen and oxygen atoms in total. The van der Waals surface area contributed by atoms with Gasteiger partial charge in [0.2, 0.25) is 0 Å². The number of hydrogen-bond donors (Lipinski definition) is 0. The molecular formula is C26H27F3N4O6. The maximum atomic E-state index is 12.3. The van der Waals surface area contributed by atoms with Crippen LogP contribution in [-0.4, -0.2) is 57.6 Å². The fourth-order valence-electron chi connectivity index (χ4n) is 4.57. The van der Waals surface area contributed by atoms with E-state index in [-0.39, 0.29) is 36.4 Å². The molecule has 0 radical (unpaired) electrons. The zero-order valence-corrected chi connectivity index (χ0v) is 20.9. The standard InChI is InChI=1S/C26H27F3N4O6/c27-26(28,29)39-22-3-1-18(2-4-22)15-31-12-9-21(10-13-31)37-20-7-5-19(6-8-20)36-17-23-11-14-32-16-24(33(34)35)30-25(32)38-23/h1-8,16,21,23H,9-15,17H2/t23-/m1/s1. The molecular weight excluding hydrogens is 521 g/mol. The van der Waals surface area contributed by atoms with Gasteiger partial charge in [-0.3, -0.25) is 9.47 Å². The lowest BCUT2D eigenvalue weighted by molar-refractivity contribution is -0.389. The zero-order valence-electron chi connectivity index (χ0n) is 20.9. The number of aromatic nitrogens is 2. The van der Waals surface area contributed by atoms with Crippen molar-refractivity contribution >= 4 is 5.82 Å². The fourth-order valence-corrected chi connectivity index (χ4v) is 4.57. The molecule has 0 bridgehead atoms. The molecule has 0 aliphatic carbocycles. The first-order chi connectivity index (χ1) is 18.7. The number of ether oxygens (including phenoxy) is 4. The summed E-state index contributed by atoms with van der Waals surface area (Å²) in [7, 11) is 0. The summed E-state index contributed by atoms with van der Waals surface area (Å²) in [5.74, 6) is 0.941. The van der Waals surface area contributed by atoms with E-state index in [0.29, 0.717) is 25.3 Å². The summed E-state index contributed by atoms with van der Waals surface area (Å²) in [6, 6.07) is 13.5. The van der Waals surface area contributed by atoms with Gasteiger partial charge in [-0.15, -0.1) is 13.2 Å². The van der Waals surface area contributed by atoms with Gasteiger partial charge in [-0.05, 0) is 59.7 Å². The van der Waals surface area contributed by atoms with E-state index >= 15 is 0 Å². The Labute approximate surface area is 222 Å². The topological polar surface area (TPSA) is 101 Å². The smallest absolute Gasteiger partial charge is 0.490 e. The number of nitro groups is 1. The van der Waals surface area contributed by atoms with Crippen molar-refractivity contribution in [3.63, 3.8) is 0 Å². The molecule has 1 fully saturated rings. The number of imidazole rings is 1. The molecule has 0 spiro atoms. The molecule has 39 heavy (non-hydrogen) atoms. The second-order valence-electron chi connectivity index (χ2n) is 9.43. The van der Waals surface area contributed by atoms with Gasteiger partial charge in [0.15, 0.2) is 0 Å². The molecule has 0 amide bonds. The first kappa shape index (κ1) is 26.6. The van der Waals surface area contributed by atoms with Crippen LogP contribution in [0.15, 0.2) is 54.7 Å². The van der Waals surface area contributed by atoms with Gasteiger partial charge in [-0.25, -0.2) is 0 Å². The molecule has 3 aromatic rings. The molecule has 1 atom stereocenters. The van der Waals surface area contributed by atoms with E-state index in [4.69, 9.17) is 14.2 Å². The molecule has 1 aromatic heterocycles. The van der Waals surface area contributed by atoms with Crippen molar-refractivity contribution in [1.29, 1.82) is 0 Å². The molecule has 2 aromatic carbocycles. The van der Waals surface area contributed by atoms with E-state index in [0.717, 1.165) is 37.2 Å². The third-order valence-electron chi connectivity index (χ3n) is 6.54. The lowest BCUT2D eigenvalue weighted by atomic mass is 10.1. The van der Waals surface area contributed by atoms with E-state index in [1.54, 1.807) is 16.7 Å². The second kappa shape index (κ2) is 11.4. The number of hydrogen-bond acceptors (Lipinski definition) is 8. The van der Waals surface area contributed by atoms with E-state index < -0.39 is 11.3 Å². The van der Waals surface area contributed by atoms with Crippen molar-refractivity contribution in [2.45, 2.75) is 50.9 Å². The number of likely N-dealkylation sites (tertiary alicyclic amines) is 1.